The van der Waals surface area contributed by atoms with E-state index in [4.69, 9.17) is 16.3 Å². The van der Waals surface area contributed by atoms with Crippen LogP contribution in [0.3, 0.4) is 0 Å². The Hall–Kier alpha value is -0.670. The van der Waals surface area contributed by atoms with Gasteiger partial charge in [0.25, 0.3) is 0 Å². The molecular weight excluding hydrogens is 220 g/mol. The third-order valence-corrected chi connectivity index (χ3v) is 2.95. The lowest BCUT2D eigenvalue weighted by molar-refractivity contribution is -0.107. The van der Waals surface area contributed by atoms with E-state index in [0.717, 1.165) is 16.9 Å². The second-order valence-corrected chi connectivity index (χ2v) is 4.18. The van der Waals surface area contributed by atoms with Crippen molar-refractivity contribution in [2.45, 2.75) is 11.3 Å². The number of benzene rings is 1. The maximum Gasteiger partial charge on any atom is 0.137 e. The van der Waals surface area contributed by atoms with Gasteiger partial charge in [0.15, 0.2) is 0 Å². The Morgan fingerprint density at radius 1 is 1.57 bits per heavy atom. The van der Waals surface area contributed by atoms with Crippen LogP contribution in [-0.4, -0.2) is 19.1 Å². The molecule has 0 atom stereocenters. The summed E-state index contributed by atoms with van der Waals surface area (Å²) >= 11 is 7.54. The lowest BCUT2D eigenvalue weighted by atomic mass is 10.3. The molecule has 14 heavy (non-hydrogen) atoms. The first-order valence-corrected chi connectivity index (χ1v) is 5.54. The summed E-state index contributed by atoms with van der Waals surface area (Å²) in [5, 5.41) is 0.601. The van der Waals surface area contributed by atoms with E-state index in [-0.39, 0.29) is 0 Å². The van der Waals surface area contributed by atoms with Gasteiger partial charge >= 0.3 is 0 Å². The largest absolute Gasteiger partial charge is 0.495 e. The Bertz CT molecular complexity index is 315. The van der Waals surface area contributed by atoms with Gasteiger partial charge in [0.2, 0.25) is 0 Å². The highest BCUT2D eigenvalue weighted by atomic mass is 35.5. The minimum Gasteiger partial charge on any atom is -0.495 e. The van der Waals surface area contributed by atoms with E-state index in [0.29, 0.717) is 17.2 Å². The van der Waals surface area contributed by atoms with Crippen molar-refractivity contribution < 1.29 is 9.53 Å². The zero-order valence-corrected chi connectivity index (χ0v) is 9.40. The molecule has 0 saturated carbocycles. The Morgan fingerprint density at radius 2 is 2.36 bits per heavy atom. The van der Waals surface area contributed by atoms with Crippen LogP contribution in [0.5, 0.6) is 5.75 Å². The molecule has 0 radical (unpaired) electrons. The van der Waals surface area contributed by atoms with Crippen molar-refractivity contribution in [2.24, 2.45) is 0 Å². The lowest BCUT2D eigenvalue weighted by Gasteiger charge is -2.04. The van der Waals surface area contributed by atoms with Gasteiger partial charge in [0, 0.05) is 17.1 Å². The fraction of sp³-hybridized carbons (Fsp3) is 0.300. The van der Waals surface area contributed by atoms with E-state index in [2.05, 4.69) is 0 Å². The molecule has 0 spiro atoms. The Morgan fingerprint density at radius 3 is 2.93 bits per heavy atom. The van der Waals surface area contributed by atoms with Crippen molar-refractivity contribution in [3.05, 3.63) is 23.2 Å². The predicted octanol–water partition coefficient (Wildman–Crippen LogP) is 3.03. The van der Waals surface area contributed by atoms with Gasteiger partial charge < -0.3 is 9.53 Å². The molecule has 0 saturated heterocycles. The number of hydrogen-bond donors (Lipinski definition) is 0. The van der Waals surface area contributed by atoms with Crippen LogP contribution in [0, 0.1) is 0 Å². The monoisotopic (exact) mass is 230 g/mol. The fourth-order valence-corrected chi connectivity index (χ4v) is 2.10. The van der Waals surface area contributed by atoms with Crippen LogP contribution >= 0.6 is 23.4 Å². The number of hydrogen-bond acceptors (Lipinski definition) is 3. The van der Waals surface area contributed by atoms with Gasteiger partial charge in [0.05, 0.1) is 12.1 Å². The standard InChI is InChI=1S/C10H11ClO2S/c1-13-10-4-3-8(7-9(10)11)14-6-2-5-12/h3-5,7H,2,6H2,1H3. The van der Waals surface area contributed by atoms with Crippen LogP contribution in [0.25, 0.3) is 0 Å². The van der Waals surface area contributed by atoms with E-state index in [9.17, 15) is 4.79 Å². The third-order valence-electron chi connectivity index (χ3n) is 1.63. The van der Waals surface area contributed by atoms with Crippen molar-refractivity contribution >= 4 is 29.6 Å². The average Bonchev–Trinajstić information content (AvgIpc) is 2.18. The lowest BCUT2D eigenvalue weighted by Crippen LogP contribution is -1.85. The molecular formula is C10H11ClO2S. The highest BCUT2D eigenvalue weighted by molar-refractivity contribution is 7.99. The van der Waals surface area contributed by atoms with Crippen molar-refractivity contribution in [2.75, 3.05) is 12.9 Å². The average molecular weight is 231 g/mol. The minimum absolute atomic E-state index is 0.564. The first kappa shape index (κ1) is 11.4. The molecule has 0 bridgehead atoms. The zero-order chi connectivity index (χ0) is 10.4. The summed E-state index contributed by atoms with van der Waals surface area (Å²) in [4.78, 5) is 11.2. The molecule has 1 aromatic carbocycles. The molecule has 4 heteroatoms. The fourth-order valence-electron chi connectivity index (χ4n) is 0.962. The van der Waals surface area contributed by atoms with Crippen LogP contribution in [0.2, 0.25) is 5.02 Å². The van der Waals surface area contributed by atoms with Gasteiger partial charge in [-0.1, -0.05) is 11.6 Å². The summed E-state index contributed by atoms with van der Waals surface area (Å²) in [5.41, 5.74) is 0. The molecule has 0 N–H and O–H groups in total. The van der Waals surface area contributed by atoms with Gasteiger partial charge in [-0.15, -0.1) is 11.8 Å². The number of thioether (sulfide) groups is 1. The van der Waals surface area contributed by atoms with Gasteiger partial charge in [-0.05, 0) is 18.2 Å². The predicted molar refractivity (Wildman–Crippen MR) is 59.4 cm³/mol. The number of rotatable bonds is 5. The summed E-state index contributed by atoms with van der Waals surface area (Å²) in [6.45, 7) is 0. The molecule has 76 valence electrons. The van der Waals surface area contributed by atoms with E-state index >= 15 is 0 Å². The molecule has 0 fully saturated rings. The molecule has 0 heterocycles. The Labute approximate surface area is 92.6 Å². The van der Waals surface area contributed by atoms with Gasteiger partial charge in [-0.25, -0.2) is 0 Å². The molecule has 0 aliphatic carbocycles. The van der Waals surface area contributed by atoms with Crippen LogP contribution in [-0.2, 0) is 4.79 Å². The number of halogens is 1. The summed E-state index contributed by atoms with van der Waals surface area (Å²) in [5.74, 6) is 1.46. The number of carbonyl (C=O) groups is 1. The van der Waals surface area contributed by atoms with Crippen molar-refractivity contribution in [1.29, 1.82) is 0 Å². The van der Waals surface area contributed by atoms with Gasteiger partial charge in [-0.3, -0.25) is 0 Å². The number of methoxy groups -OCH3 is 1. The van der Waals surface area contributed by atoms with Gasteiger partial charge in [0.1, 0.15) is 12.0 Å². The normalized spacial score (nSPS) is 9.86. The molecule has 1 rings (SSSR count). The summed E-state index contributed by atoms with van der Waals surface area (Å²) in [6, 6.07) is 5.60. The second-order valence-electron chi connectivity index (χ2n) is 2.60. The van der Waals surface area contributed by atoms with Crippen LogP contribution in [0.4, 0.5) is 0 Å². The van der Waals surface area contributed by atoms with Crippen molar-refractivity contribution in [3.63, 3.8) is 0 Å². The molecule has 0 aromatic heterocycles. The molecule has 2 nitrogen and oxygen atoms in total. The van der Waals surface area contributed by atoms with Crippen molar-refractivity contribution in [1.82, 2.24) is 0 Å². The highest BCUT2D eigenvalue weighted by Crippen LogP contribution is 2.29. The third kappa shape index (κ3) is 3.24. The summed E-state index contributed by atoms with van der Waals surface area (Å²) < 4.78 is 5.03. The van der Waals surface area contributed by atoms with Crippen LogP contribution in [0.1, 0.15) is 6.42 Å². The number of ether oxygens (including phenoxy) is 1. The van der Waals surface area contributed by atoms with E-state index in [1.807, 2.05) is 18.2 Å². The summed E-state index contributed by atoms with van der Waals surface area (Å²) in [6.07, 6.45) is 1.48. The maximum absolute atomic E-state index is 10.1. The summed E-state index contributed by atoms with van der Waals surface area (Å²) in [7, 11) is 1.58. The second kappa shape index (κ2) is 5.94. The first-order valence-electron chi connectivity index (χ1n) is 4.18. The smallest absolute Gasteiger partial charge is 0.137 e. The molecule has 0 aliphatic rings. The van der Waals surface area contributed by atoms with E-state index in [1.165, 1.54) is 0 Å². The molecule has 0 amide bonds. The SMILES string of the molecule is COc1ccc(SCCC=O)cc1Cl. The Kier molecular flexibility index (Phi) is 4.84. The van der Waals surface area contributed by atoms with E-state index < -0.39 is 0 Å². The van der Waals surface area contributed by atoms with Crippen molar-refractivity contribution in [3.8, 4) is 5.75 Å². The number of aldehydes is 1. The van der Waals surface area contributed by atoms with Crippen LogP contribution in [0.15, 0.2) is 23.1 Å². The maximum atomic E-state index is 10.1. The molecule has 1 aromatic rings. The topological polar surface area (TPSA) is 26.3 Å². The van der Waals surface area contributed by atoms with Crippen LogP contribution < -0.4 is 4.74 Å². The highest BCUT2D eigenvalue weighted by Gasteiger charge is 2.01. The van der Waals surface area contributed by atoms with Gasteiger partial charge in [-0.2, -0.15) is 0 Å². The molecule has 0 aliphatic heterocycles. The number of carbonyl (C=O) groups excluding carboxylic acids is 1. The van der Waals surface area contributed by atoms with E-state index in [1.54, 1.807) is 18.9 Å². The Balaban J connectivity index is 2.61. The quantitative estimate of drug-likeness (QED) is 0.442. The minimum atomic E-state index is 0.564. The first-order chi connectivity index (χ1) is 6.77. The molecule has 0 unspecified atom stereocenters. The zero-order valence-electron chi connectivity index (χ0n) is 7.83.